The van der Waals surface area contributed by atoms with Crippen LogP contribution in [0, 0.1) is 0 Å². The maximum atomic E-state index is 12.4. The molecule has 1 unspecified atom stereocenters. The molecule has 26 heavy (non-hydrogen) atoms. The average molecular weight is 373 g/mol. The van der Waals surface area contributed by atoms with Crippen molar-refractivity contribution < 1.29 is 17.9 Å². The van der Waals surface area contributed by atoms with E-state index in [9.17, 15) is 13.2 Å². The Morgan fingerprint density at radius 1 is 1.08 bits per heavy atom. The second-order valence-corrected chi connectivity index (χ2v) is 9.15. The number of carbonyl (C=O) groups excluding carboxylic acids is 1. The molecule has 1 aliphatic rings. The quantitative estimate of drug-likeness (QED) is 0.844. The van der Waals surface area contributed by atoms with Crippen molar-refractivity contribution in [1.82, 2.24) is 5.32 Å². The molecule has 0 aliphatic carbocycles. The fraction of sp³-hybridized carbons (Fsp3) is 0.350. The van der Waals surface area contributed by atoms with Crippen molar-refractivity contribution in [2.75, 3.05) is 18.1 Å². The molecule has 1 aliphatic heterocycles. The summed E-state index contributed by atoms with van der Waals surface area (Å²) in [5.74, 6) is -0.213. The number of nitrogens with one attached hydrogen (secondary N) is 1. The molecule has 1 heterocycles. The lowest BCUT2D eigenvalue weighted by Crippen LogP contribution is -2.48. The lowest BCUT2D eigenvalue weighted by atomic mass is 10.0. The van der Waals surface area contributed by atoms with Gasteiger partial charge in [-0.3, -0.25) is 4.79 Å². The lowest BCUT2D eigenvalue weighted by Gasteiger charge is -2.25. The number of rotatable bonds is 6. The minimum atomic E-state index is -3.07. The van der Waals surface area contributed by atoms with E-state index in [0.29, 0.717) is 6.42 Å². The number of ether oxygens (including phenoxy) is 1. The van der Waals surface area contributed by atoms with Gasteiger partial charge in [0.1, 0.15) is 12.7 Å². The van der Waals surface area contributed by atoms with Gasteiger partial charge in [-0.25, -0.2) is 8.42 Å². The van der Waals surface area contributed by atoms with Crippen LogP contribution < -0.4 is 5.32 Å². The van der Waals surface area contributed by atoms with Crippen LogP contribution in [-0.4, -0.2) is 38.0 Å². The molecule has 1 saturated heterocycles. The van der Waals surface area contributed by atoms with Crippen molar-refractivity contribution >= 4 is 15.7 Å². The Morgan fingerprint density at radius 3 is 2.08 bits per heavy atom. The lowest BCUT2D eigenvalue weighted by molar-refractivity contribution is -0.128. The summed E-state index contributed by atoms with van der Waals surface area (Å²) in [6.07, 6.45) is 0.0743. The molecule has 1 N–H and O–H groups in total. The van der Waals surface area contributed by atoms with E-state index in [1.165, 1.54) is 0 Å². The van der Waals surface area contributed by atoms with Crippen molar-refractivity contribution in [3.8, 4) is 0 Å². The summed E-state index contributed by atoms with van der Waals surface area (Å²) in [7, 11) is -3.07. The minimum Gasteiger partial charge on any atom is -0.359 e. The Kier molecular flexibility index (Phi) is 5.44. The third-order valence-corrected chi connectivity index (χ3v) is 6.43. The standard InChI is InChI=1S/C20H23NO4S/c1-20(12-13-26(23,24)15-20)21-18(22)14-25-19(16-8-4-2-5-9-16)17-10-6-3-7-11-17/h2-11,19H,12-15H2,1H3,(H,21,22). The van der Waals surface area contributed by atoms with E-state index in [4.69, 9.17) is 4.74 Å². The van der Waals surface area contributed by atoms with Crippen LogP contribution in [0.25, 0.3) is 0 Å². The first-order chi connectivity index (χ1) is 12.4. The summed E-state index contributed by atoms with van der Waals surface area (Å²) in [6, 6.07) is 19.4. The molecular formula is C20H23NO4S. The molecule has 2 aromatic rings. The highest BCUT2D eigenvalue weighted by atomic mass is 32.2. The van der Waals surface area contributed by atoms with Crippen molar-refractivity contribution in [2.24, 2.45) is 0 Å². The van der Waals surface area contributed by atoms with Gasteiger partial charge in [-0.15, -0.1) is 0 Å². The van der Waals surface area contributed by atoms with Crippen molar-refractivity contribution in [1.29, 1.82) is 0 Å². The number of benzene rings is 2. The molecule has 138 valence electrons. The molecule has 1 fully saturated rings. The van der Waals surface area contributed by atoms with Crippen LogP contribution in [0.3, 0.4) is 0 Å². The topological polar surface area (TPSA) is 72.5 Å². The highest BCUT2D eigenvalue weighted by Crippen LogP contribution is 2.26. The fourth-order valence-corrected chi connectivity index (χ4v) is 5.37. The third-order valence-electron chi connectivity index (χ3n) is 4.53. The first-order valence-corrected chi connectivity index (χ1v) is 10.4. The van der Waals surface area contributed by atoms with Gasteiger partial charge in [0.2, 0.25) is 5.91 Å². The maximum Gasteiger partial charge on any atom is 0.246 e. The largest absolute Gasteiger partial charge is 0.359 e. The average Bonchev–Trinajstić information content (AvgIpc) is 2.89. The normalized spacial score (nSPS) is 21.6. The molecule has 0 bridgehead atoms. The monoisotopic (exact) mass is 373 g/mol. The molecule has 0 saturated carbocycles. The SMILES string of the molecule is CC1(NC(=O)COC(c2ccccc2)c2ccccc2)CCS(=O)(=O)C1. The molecule has 6 heteroatoms. The zero-order valence-corrected chi connectivity index (χ0v) is 15.5. The van der Waals surface area contributed by atoms with Gasteiger partial charge in [0.25, 0.3) is 0 Å². The molecule has 0 spiro atoms. The first-order valence-electron chi connectivity index (χ1n) is 8.60. The van der Waals surface area contributed by atoms with Gasteiger partial charge in [-0.1, -0.05) is 60.7 Å². The maximum absolute atomic E-state index is 12.4. The molecule has 3 rings (SSSR count). The Hall–Kier alpha value is -2.18. The van der Waals surface area contributed by atoms with Crippen molar-refractivity contribution in [2.45, 2.75) is 25.0 Å². The Balaban J connectivity index is 1.68. The predicted molar refractivity (Wildman–Crippen MR) is 100 cm³/mol. The number of hydrogen-bond donors (Lipinski definition) is 1. The smallest absolute Gasteiger partial charge is 0.246 e. The van der Waals surface area contributed by atoms with Gasteiger partial charge in [-0.05, 0) is 24.5 Å². The number of hydrogen-bond acceptors (Lipinski definition) is 4. The van der Waals surface area contributed by atoms with Gasteiger partial charge in [0.15, 0.2) is 9.84 Å². The van der Waals surface area contributed by atoms with Gasteiger partial charge in [0, 0.05) is 0 Å². The summed E-state index contributed by atoms with van der Waals surface area (Å²) >= 11 is 0. The van der Waals surface area contributed by atoms with Gasteiger partial charge in [0.05, 0.1) is 17.0 Å². The second-order valence-electron chi connectivity index (χ2n) is 6.96. The molecule has 1 atom stereocenters. The summed E-state index contributed by atoms with van der Waals surface area (Å²) in [6.45, 7) is 1.63. The summed E-state index contributed by atoms with van der Waals surface area (Å²) in [5, 5.41) is 2.83. The molecule has 5 nitrogen and oxygen atoms in total. The van der Waals surface area contributed by atoms with E-state index in [0.717, 1.165) is 11.1 Å². The summed E-state index contributed by atoms with van der Waals surface area (Å²) in [5.41, 5.74) is 1.20. The highest BCUT2D eigenvalue weighted by Gasteiger charge is 2.39. The molecule has 1 amide bonds. The van der Waals surface area contributed by atoms with E-state index in [2.05, 4.69) is 5.32 Å². The first kappa shape index (κ1) is 18.6. The molecule has 0 aromatic heterocycles. The van der Waals surface area contributed by atoms with Crippen molar-refractivity contribution in [3.63, 3.8) is 0 Å². The van der Waals surface area contributed by atoms with Crippen LogP contribution in [0.5, 0.6) is 0 Å². The van der Waals surface area contributed by atoms with Crippen LogP contribution in [0.2, 0.25) is 0 Å². The van der Waals surface area contributed by atoms with E-state index < -0.39 is 15.4 Å². The van der Waals surface area contributed by atoms with Crippen LogP contribution in [0.1, 0.15) is 30.6 Å². The highest BCUT2D eigenvalue weighted by molar-refractivity contribution is 7.91. The van der Waals surface area contributed by atoms with Crippen LogP contribution in [0.15, 0.2) is 60.7 Å². The van der Waals surface area contributed by atoms with E-state index >= 15 is 0 Å². The van der Waals surface area contributed by atoms with Crippen LogP contribution in [0.4, 0.5) is 0 Å². The molecule has 0 radical (unpaired) electrons. The number of sulfone groups is 1. The summed E-state index contributed by atoms with van der Waals surface area (Å²) < 4.78 is 29.3. The summed E-state index contributed by atoms with van der Waals surface area (Å²) in [4.78, 5) is 12.4. The molecular weight excluding hydrogens is 350 g/mol. The van der Waals surface area contributed by atoms with Gasteiger partial charge in [-0.2, -0.15) is 0 Å². The van der Waals surface area contributed by atoms with Gasteiger partial charge < -0.3 is 10.1 Å². The van der Waals surface area contributed by atoms with Crippen molar-refractivity contribution in [3.05, 3.63) is 71.8 Å². The second kappa shape index (κ2) is 7.60. The van der Waals surface area contributed by atoms with Gasteiger partial charge >= 0.3 is 0 Å². The third kappa shape index (κ3) is 4.71. The van der Waals surface area contributed by atoms with Crippen LogP contribution in [-0.2, 0) is 19.4 Å². The fourth-order valence-electron chi connectivity index (χ4n) is 3.28. The Labute approximate surface area is 154 Å². The zero-order valence-electron chi connectivity index (χ0n) is 14.7. The number of amides is 1. The number of carbonyl (C=O) groups is 1. The Bertz CT molecular complexity index is 812. The molecule has 2 aromatic carbocycles. The van der Waals surface area contributed by atoms with E-state index in [1.54, 1.807) is 6.92 Å². The minimum absolute atomic E-state index is 0.0213. The Morgan fingerprint density at radius 2 is 1.62 bits per heavy atom. The van der Waals surface area contributed by atoms with E-state index in [-0.39, 0.29) is 30.1 Å². The predicted octanol–water partition coefficient (Wildman–Crippen LogP) is 2.49. The van der Waals surface area contributed by atoms with E-state index in [1.807, 2.05) is 60.7 Å². The zero-order chi connectivity index (χ0) is 18.6. The van der Waals surface area contributed by atoms with Crippen LogP contribution >= 0.6 is 0 Å².